The van der Waals surface area contributed by atoms with Crippen molar-refractivity contribution in [2.24, 2.45) is 5.14 Å². The van der Waals surface area contributed by atoms with Gasteiger partial charge in [-0.05, 0) is 18.2 Å². The molecule has 1 aromatic carbocycles. The number of nitrogens with zero attached hydrogens (tertiary/aromatic N) is 2. The summed E-state index contributed by atoms with van der Waals surface area (Å²) < 4.78 is 150. The highest BCUT2D eigenvalue weighted by atomic mass is 32.2. The molecule has 0 bridgehead atoms. The molecule has 17 heteroatoms. The summed E-state index contributed by atoms with van der Waals surface area (Å²) in [5.74, 6) is -6.69. The molecule has 1 amide bonds. The molecule has 2 aromatic rings. The summed E-state index contributed by atoms with van der Waals surface area (Å²) in [6.07, 6.45) is -6.08. The Labute approximate surface area is 203 Å². The molecule has 3 N–H and O–H groups in total. The van der Waals surface area contributed by atoms with Crippen LogP contribution in [-0.4, -0.2) is 57.3 Å². The molecule has 0 unspecified atom stereocenters. The zero-order valence-corrected chi connectivity index (χ0v) is 18.3. The summed E-state index contributed by atoms with van der Waals surface area (Å²) in [6.45, 7) is -5.34. The average Bonchev–Trinajstić information content (AvgIpc) is 3.15. The first-order valence-electron chi connectivity index (χ1n) is 11.0. The lowest BCUT2D eigenvalue weighted by Gasteiger charge is -2.31. The number of amides is 1. The lowest BCUT2D eigenvalue weighted by molar-refractivity contribution is -0.261. The number of hydrogen-bond donors (Lipinski definition) is 2. The van der Waals surface area contributed by atoms with Crippen LogP contribution < -0.4 is 20.1 Å². The number of carbonyl (C=O) groups is 1. The minimum absolute atomic E-state index is 0.352. The molecular weight excluding hydrogens is 529 g/mol. The van der Waals surface area contributed by atoms with Crippen molar-refractivity contribution in [3.05, 3.63) is 42.1 Å². The molecule has 0 aliphatic carbocycles. The molecule has 3 rings (SSSR count). The van der Waals surface area contributed by atoms with Crippen LogP contribution in [0.4, 0.5) is 42.1 Å². The van der Waals surface area contributed by atoms with Crippen LogP contribution >= 0.6 is 0 Å². The van der Waals surface area contributed by atoms with Crippen molar-refractivity contribution in [3.8, 4) is 5.75 Å². The van der Waals surface area contributed by atoms with E-state index in [4.69, 9.17) is 9.25 Å². The van der Waals surface area contributed by atoms with E-state index in [9.17, 15) is 43.9 Å². The van der Waals surface area contributed by atoms with E-state index in [0.717, 1.165) is 18.3 Å². The van der Waals surface area contributed by atoms with Crippen molar-refractivity contribution < 1.29 is 57.5 Å². The monoisotopic (exact) mass is 549 g/mol. The average molecular weight is 549 g/mol. The van der Waals surface area contributed by atoms with E-state index in [1.165, 1.54) is 0 Å². The number of nitrogens with one attached hydrogen (secondary N) is 1. The van der Waals surface area contributed by atoms with Gasteiger partial charge in [-0.3, -0.25) is 4.79 Å². The number of alkyl halides is 5. The number of pyridine rings is 1. The van der Waals surface area contributed by atoms with E-state index in [1.54, 1.807) is 0 Å². The third-order valence-electron chi connectivity index (χ3n) is 5.18. The summed E-state index contributed by atoms with van der Waals surface area (Å²) in [6, 6.07) is 0.530. The fourth-order valence-electron chi connectivity index (χ4n) is 3.51. The van der Waals surface area contributed by atoms with Gasteiger partial charge >= 0.3 is 12.8 Å². The third kappa shape index (κ3) is 5.31. The lowest BCUT2D eigenvalue weighted by atomic mass is 9.99. The van der Waals surface area contributed by atoms with Gasteiger partial charge in [0.25, 0.3) is 10.0 Å². The first-order chi connectivity index (χ1) is 17.7. The Morgan fingerprint density at radius 1 is 1.33 bits per heavy atom. The third-order valence-corrected chi connectivity index (χ3v) is 5.99. The van der Waals surface area contributed by atoms with Crippen LogP contribution in [0.15, 0.2) is 35.5 Å². The Bertz CT molecular complexity index is 1360. The van der Waals surface area contributed by atoms with Gasteiger partial charge in [0.05, 0.1) is 16.3 Å². The molecular formula is C19H17F7N4O5S. The molecule has 1 aromatic heterocycles. The molecule has 9 nitrogen and oxygen atoms in total. The molecule has 2 heterocycles. The first-order valence-corrected chi connectivity index (χ1v) is 11.0. The molecule has 2 atom stereocenters. The van der Waals surface area contributed by atoms with E-state index in [1.807, 2.05) is 0 Å². The zero-order valence-electron chi connectivity index (χ0n) is 20.5. The molecule has 0 radical (unpaired) electrons. The highest BCUT2D eigenvalue weighted by Gasteiger charge is 2.63. The van der Waals surface area contributed by atoms with Crippen LogP contribution in [0.3, 0.4) is 0 Å². The Morgan fingerprint density at radius 2 is 2.03 bits per heavy atom. The minimum Gasteiger partial charge on any atom is -0.429 e. The molecule has 1 aliphatic rings. The van der Waals surface area contributed by atoms with Gasteiger partial charge in [-0.15, -0.1) is 0 Å². The van der Waals surface area contributed by atoms with Crippen molar-refractivity contribution >= 4 is 27.3 Å². The van der Waals surface area contributed by atoms with Gasteiger partial charge in [0, 0.05) is 31.4 Å². The fraction of sp³-hybridized carbons (Fsp3) is 0.368. The highest BCUT2D eigenvalue weighted by molar-refractivity contribution is 7.89. The van der Waals surface area contributed by atoms with Gasteiger partial charge < -0.3 is 19.7 Å². The number of sulfonamides is 1. The summed E-state index contributed by atoms with van der Waals surface area (Å²) in [5.41, 5.74) is -4.96. The predicted octanol–water partition coefficient (Wildman–Crippen LogP) is 2.77. The van der Waals surface area contributed by atoms with Gasteiger partial charge in [0.1, 0.15) is 6.04 Å². The van der Waals surface area contributed by atoms with Crippen LogP contribution in [0.25, 0.3) is 0 Å². The second-order valence-corrected chi connectivity index (χ2v) is 8.96. The van der Waals surface area contributed by atoms with Gasteiger partial charge in [-0.25, -0.2) is 22.9 Å². The zero-order chi connectivity index (χ0) is 29.6. The van der Waals surface area contributed by atoms with Crippen LogP contribution in [0, 0.1) is 11.6 Å². The fourth-order valence-corrected chi connectivity index (χ4v) is 4.01. The van der Waals surface area contributed by atoms with Gasteiger partial charge in [-0.1, -0.05) is 0 Å². The van der Waals surface area contributed by atoms with E-state index in [0.29, 0.717) is 17.0 Å². The number of aromatic nitrogens is 1. The molecule has 198 valence electrons. The number of anilines is 2. The molecule has 36 heavy (non-hydrogen) atoms. The number of halogens is 7. The van der Waals surface area contributed by atoms with Crippen LogP contribution in [0.2, 0.25) is 0 Å². The van der Waals surface area contributed by atoms with Crippen LogP contribution in [0.5, 0.6) is 5.75 Å². The summed E-state index contributed by atoms with van der Waals surface area (Å²) in [5, 5.41) is 6.28. The first kappa shape index (κ1) is 23.2. The van der Waals surface area contributed by atoms with Gasteiger partial charge in [-0.2, -0.15) is 26.3 Å². The van der Waals surface area contributed by atoms with Crippen LogP contribution in [0.1, 0.15) is 10.5 Å². The van der Waals surface area contributed by atoms with Crippen molar-refractivity contribution in [2.45, 2.75) is 35.9 Å². The molecule has 1 fully saturated rings. The number of ether oxygens (including phenoxy) is 2. The minimum atomic E-state index is -5.49. The topological polar surface area (TPSA) is 124 Å². The number of hydrogen-bond acceptors (Lipinski definition) is 7. The lowest BCUT2D eigenvalue weighted by Crippen LogP contribution is -2.49. The summed E-state index contributed by atoms with van der Waals surface area (Å²) >= 11 is 0. The number of nitrogens with two attached hydrogens (primary N) is 1. The van der Waals surface area contributed by atoms with Gasteiger partial charge in [0.2, 0.25) is 11.7 Å². The van der Waals surface area contributed by atoms with Gasteiger partial charge in [0.15, 0.2) is 22.2 Å². The van der Waals surface area contributed by atoms with Crippen molar-refractivity contribution in [1.82, 2.24) is 4.98 Å². The molecule has 0 spiro atoms. The van der Waals surface area contributed by atoms with E-state index in [-0.39, 0.29) is 5.69 Å². The maximum atomic E-state index is 14.4. The van der Waals surface area contributed by atoms with Crippen molar-refractivity contribution in [1.29, 1.82) is 0 Å². The van der Waals surface area contributed by atoms with E-state index >= 15 is 0 Å². The Balaban J connectivity index is 2.15. The van der Waals surface area contributed by atoms with E-state index < -0.39 is 88.5 Å². The summed E-state index contributed by atoms with van der Waals surface area (Å²) in [4.78, 5) is 17.0. The quantitative estimate of drug-likeness (QED) is 0.509. The summed E-state index contributed by atoms with van der Waals surface area (Å²) in [7, 11) is -8.07. The number of primary sulfonamides is 1. The van der Waals surface area contributed by atoms with Crippen molar-refractivity contribution in [3.63, 3.8) is 0 Å². The Hall–Kier alpha value is -3.18. The number of rotatable bonds is 7. The molecule has 1 saturated heterocycles. The second-order valence-electron chi connectivity index (χ2n) is 7.45. The maximum Gasteiger partial charge on any atom is 0.419 e. The highest BCUT2D eigenvalue weighted by Crippen LogP contribution is 2.47. The van der Waals surface area contributed by atoms with Crippen LogP contribution in [-0.2, 0) is 19.6 Å². The maximum absolute atomic E-state index is 14.4. The standard InChI is InChI=1S/C19H17F7N4O5S/c1-34-18(19(24,25)26)7-12(16(31)29-9-4-5-28-13(6-9)36(27,32)33)30(8-18)11-3-2-10(20)14(21)15(11)35-17(22)23/h2-6,12,17H,7-8H2,1H3,(H2,27,32,33)(H,28,29,31)/t12-,18-/m1/s1/i1D3. The Kier molecular flexibility index (Phi) is 6.26. The number of methoxy groups -OCH3 is 1. The predicted molar refractivity (Wildman–Crippen MR) is 109 cm³/mol. The largest absolute Gasteiger partial charge is 0.429 e. The van der Waals surface area contributed by atoms with Crippen molar-refractivity contribution in [2.75, 3.05) is 23.8 Å². The number of benzene rings is 1. The SMILES string of the molecule is [2H]C([2H])([2H])O[C@]1(C(F)(F)F)C[C@H](C(=O)Nc2ccnc(S(N)(=O)=O)c2)N(c2ccc(F)c(F)c2OC(F)F)C1. The Morgan fingerprint density at radius 3 is 2.61 bits per heavy atom. The van der Waals surface area contributed by atoms with E-state index in [2.05, 4.69) is 19.8 Å². The second kappa shape index (κ2) is 9.70. The number of carbonyl (C=O) groups excluding carboxylic acids is 1. The molecule has 1 aliphatic heterocycles. The normalized spacial score (nSPS) is 22.2. The molecule has 0 saturated carbocycles. The smallest absolute Gasteiger partial charge is 0.419 e.